The lowest BCUT2D eigenvalue weighted by atomic mass is 9.99. The highest BCUT2D eigenvalue weighted by molar-refractivity contribution is 5.82. The summed E-state index contributed by atoms with van der Waals surface area (Å²) in [6, 6.07) is 16.6. The summed E-state index contributed by atoms with van der Waals surface area (Å²) in [6.45, 7) is 6.07. The fourth-order valence-corrected chi connectivity index (χ4v) is 4.53. The number of para-hydroxylation sites is 1. The van der Waals surface area contributed by atoms with Crippen molar-refractivity contribution in [3.05, 3.63) is 65.4 Å². The molecule has 7 heteroatoms. The van der Waals surface area contributed by atoms with Gasteiger partial charge in [0.2, 0.25) is 5.91 Å². The molecule has 2 saturated heterocycles. The van der Waals surface area contributed by atoms with Crippen LogP contribution < -0.4 is 10.9 Å². The van der Waals surface area contributed by atoms with Gasteiger partial charge in [0.15, 0.2) is 5.58 Å². The van der Waals surface area contributed by atoms with Crippen molar-refractivity contribution in [2.75, 3.05) is 26.2 Å². The molecule has 0 radical (unpaired) electrons. The van der Waals surface area contributed by atoms with Crippen LogP contribution in [0.3, 0.4) is 0 Å². The molecule has 2 aromatic carbocycles. The minimum Gasteiger partial charge on any atom is -0.356 e. The van der Waals surface area contributed by atoms with E-state index in [-0.39, 0.29) is 18.0 Å². The number of hydrogen-bond acceptors (Lipinski definition) is 6. The number of nitrogens with zero attached hydrogens (tertiary/aromatic N) is 3. The molecule has 7 nitrogen and oxygen atoms in total. The van der Waals surface area contributed by atoms with Crippen molar-refractivity contribution in [1.82, 2.24) is 25.8 Å². The molecule has 0 saturated carbocycles. The summed E-state index contributed by atoms with van der Waals surface area (Å²) >= 11 is 0. The van der Waals surface area contributed by atoms with Crippen LogP contribution in [0, 0.1) is 0 Å². The Labute approximate surface area is 182 Å². The maximum Gasteiger partial charge on any atom is 0.241 e. The Kier molecular flexibility index (Phi) is 5.72. The van der Waals surface area contributed by atoms with E-state index in [2.05, 4.69) is 52.1 Å². The number of aryl methyl sites for hydroxylation is 1. The molecule has 2 fully saturated rings. The van der Waals surface area contributed by atoms with Crippen LogP contribution in [0.2, 0.25) is 0 Å². The highest BCUT2D eigenvalue weighted by Gasteiger charge is 2.34. The molecule has 162 valence electrons. The molecule has 1 amide bonds. The summed E-state index contributed by atoms with van der Waals surface area (Å²) in [5.74, 6) is 0.187. The van der Waals surface area contributed by atoms with Gasteiger partial charge in [0, 0.05) is 44.2 Å². The second kappa shape index (κ2) is 8.78. The number of carbonyl (C=O) groups excluding carboxylic acids is 1. The van der Waals surface area contributed by atoms with Crippen LogP contribution in [0.4, 0.5) is 0 Å². The van der Waals surface area contributed by atoms with Gasteiger partial charge in [-0.25, -0.2) is 10.9 Å². The molecular weight excluding hydrogens is 390 g/mol. The Bertz CT molecular complexity index is 1040. The summed E-state index contributed by atoms with van der Waals surface area (Å²) in [5, 5.41) is 5.31. The molecule has 0 bridgehead atoms. The topological polar surface area (TPSA) is 73.6 Å². The van der Waals surface area contributed by atoms with Crippen molar-refractivity contribution in [2.24, 2.45) is 0 Å². The zero-order chi connectivity index (χ0) is 21.2. The van der Waals surface area contributed by atoms with Crippen molar-refractivity contribution in [3.63, 3.8) is 0 Å². The molecule has 2 aliphatic heterocycles. The highest BCUT2D eigenvalue weighted by Crippen LogP contribution is 2.24. The van der Waals surface area contributed by atoms with Crippen molar-refractivity contribution in [2.45, 2.75) is 38.4 Å². The van der Waals surface area contributed by atoms with Gasteiger partial charge in [0.1, 0.15) is 11.7 Å². The van der Waals surface area contributed by atoms with Crippen molar-refractivity contribution < 1.29 is 9.32 Å². The largest absolute Gasteiger partial charge is 0.356 e. The average Bonchev–Trinajstić information content (AvgIpc) is 3.47. The smallest absolute Gasteiger partial charge is 0.241 e. The molecule has 1 aromatic heterocycles. The number of hydrogen-bond donors (Lipinski definition) is 2. The van der Waals surface area contributed by atoms with E-state index in [1.54, 1.807) is 0 Å². The number of carbonyl (C=O) groups is 1. The summed E-state index contributed by atoms with van der Waals surface area (Å²) in [6.07, 6.45) is 1.81. The van der Waals surface area contributed by atoms with Gasteiger partial charge >= 0.3 is 0 Å². The molecule has 2 atom stereocenters. The van der Waals surface area contributed by atoms with Crippen LogP contribution in [0.5, 0.6) is 0 Å². The third-order valence-electron chi connectivity index (χ3n) is 6.50. The number of amides is 1. The maximum atomic E-state index is 13.1. The van der Waals surface area contributed by atoms with E-state index in [4.69, 9.17) is 4.52 Å². The molecular formula is C24H29N5O2. The Morgan fingerprint density at radius 3 is 2.61 bits per heavy atom. The fraction of sp³-hybridized carbons (Fsp3) is 0.417. The molecule has 3 aromatic rings. The van der Waals surface area contributed by atoms with Gasteiger partial charge in [-0.3, -0.25) is 9.69 Å². The van der Waals surface area contributed by atoms with Crippen LogP contribution in [0.1, 0.15) is 36.2 Å². The van der Waals surface area contributed by atoms with Gasteiger partial charge < -0.3 is 9.42 Å². The van der Waals surface area contributed by atoms with Crippen LogP contribution in [-0.4, -0.2) is 53.1 Å². The Morgan fingerprint density at radius 1 is 1.06 bits per heavy atom. The molecule has 2 aliphatic rings. The second-order valence-corrected chi connectivity index (χ2v) is 8.45. The summed E-state index contributed by atoms with van der Waals surface area (Å²) < 4.78 is 5.42. The van der Waals surface area contributed by atoms with Crippen LogP contribution in [-0.2, 0) is 17.8 Å². The van der Waals surface area contributed by atoms with E-state index in [9.17, 15) is 4.79 Å². The number of fused-ring (bicyclic) bond motifs is 1. The van der Waals surface area contributed by atoms with Crippen LogP contribution >= 0.6 is 0 Å². The Hall–Kier alpha value is -2.74. The SMILES string of the molecule is CCc1ccc(C2CC(C(=O)N3CCN(Cc4noc5ccccc45)CC3)NN2)cc1. The first-order valence-electron chi connectivity index (χ1n) is 11.2. The zero-order valence-electron chi connectivity index (χ0n) is 17.9. The van der Waals surface area contributed by atoms with E-state index >= 15 is 0 Å². The standard InChI is InChI=1S/C24H29N5O2/c1-2-17-7-9-18(10-8-17)20-15-21(26-25-20)24(30)29-13-11-28(12-14-29)16-22-19-5-3-4-6-23(19)31-27-22/h3-10,20-21,25-26H,2,11-16H2,1H3. The summed E-state index contributed by atoms with van der Waals surface area (Å²) in [4.78, 5) is 17.4. The first-order chi connectivity index (χ1) is 15.2. The lowest BCUT2D eigenvalue weighted by molar-refractivity contribution is -0.135. The lowest BCUT2D eigenvalue weighted by Gasteiger charge is -2.35. The second-order valence-electron chi connectivity index (χ2n) is 8.45. The number of aromatic nitrogens is 1. The van der Waals surface area contributed by atoms with E-state index in [1.807, 2.05) is 29.2 Å². The molecule has 3 heterocycles. The quantitative estimate of drug-likeness (QED) is 0.662. The predicted octanol–water partition coefficient (Wildman–Crippen LogP) is 2.64. The van der Waals surface area contributed by atoms with Gasteiger partial charge in [-0.15, -0.1) is 0 Å². The third kappa shape index (κ3) is 4.21. The maximum absolute atomic E-state index is 13.1. The molecule has 2 N–H and O–H groups in total. The minimum absolute atomic E-state index is 0.168. The van der Waals surface area contributed by atoms with Gasteiger partial charge in [0.05, 0.1) is 0 Å². The number of hydrazine groups is 1. The Morgan fingerprint density at radius 2 is 1.84 bits per heavy atom. The number of piperazine rings is 1. The minimum atomic E-state index is -0.179. The van der Waals surface area contributed by atoms with E-state index in [1.165, 1.54) is 11.1 Å². The fourth-order valence-electron chi connectivity index (χ4n) is 4.53. The summed E-state index contributed by atoms with van der Waals surface area (Å²) in [7, 11) is 0. The molecule has 0 aliphatic carbocycles. The van der Waals surface area contributed by atoms with Gasteiger partial charge in [-0.2, -0.15) is 0 Å². The summed E-state index contributed by atoms with van der Waals surface area (Å²) in [5.41, 5.74) is 10.9. The normalized spacial score (nSPS) is 22.3. The van der Waals surface area contributed by atoms with Gasteiger partial charge in [-0.05, 0) is 36.1 Å². The van der Waals surface area contributed by atoms with Crippen LogP contribution in [0.15, 0.2) is 53.1 Å². The Balaban J connectivity index is 1.14. The first-order valence-corrected chi connectivity index (χ1v) is 11.2. The molecule has 31 heavy (non-hydrogen) atoms. The van der Waals surface area contributed by atoms with Crippen LogP contribution in [0.25, 0.3) is 11.0 Å². The van der Waals surface area contributed by atoms with E-state index in [0.717, 1.165) is 62.2 Å². The number of nitrogens with one attached hydrogen (secondary N) is 2. The van der Waals surface area contributed by atoms with E-state index < -0.39 is 0 Å². The average molecular weight is 420 g/mol. The zero-order valence-corrected chi connectivity index (χ0v) is 17.9. The third-order valence-corrected chi connectivity index (χ3v) is 6.50. The lowest BCUT2D eigenvalue weighted by Crippen LogP contribution is -2.53. The first kappa shape index (κ1) is 20.2. The van der Waals surface area contributed by atoms with Crippen molar-refractivity contribution in [3.8, 4) is 0 Å². The predicted molar refractivity (Wildman–Crippen MR) is 119 cm³/mol. The monoisotopic (exact) mass is 419 g/mol. The highest BCUT2D eigenvalue weighted by atomic mass is 16.5. The number of benzene rings is 2. The number of rotatable bonds is 5. The molecule has 5 rings (SSSR count). The molecule has 2 unspecified atom stereocenters. The van der Waals surface area contributed by atoms with Gasteiger partial charge in [-0.1, -0.05) is 48.5 Å². The van der Waals surface area contributed by atoms with Crippen molar-refractivity contribution >= 4 is 16.9 Å². The van der Waals surface area contributed by atoms with Crippen molar-refractivity contribution in [1.29, 1.82) is 0 Å². The van der Waals surface area contributed by atoms with Gasteiger partial charge in [0.25, 0.3) is 0 Å². The van der Waals surface area contributed by atoms with E-state index in [0.29, 0.717) is 0 Å². The molecule has 0 spiro atoms.